The Hall–Kier alpha value is -0.930. The summed E-state index contributed by atoms with van der Waals surface area (Å²) < 4.78 is 0. The number of hydrogen-bond acceptors (Lipinski definition) is 3. The molecular weight excluding hydrogens is 198 g/mol. The summed E-state index contributed by atoms with van der Waals surface area (Å²) in [6.07, 6.45) is 8.19. The highest BCUT2D eigenvalue weighted by atomic mass is 14.9. The van der Waals surface area contributed by atoms with E-state index in [0.29, 0.717) is 6.54 Å². The van der Waals surface area contributed by atoms with E-state index in [1.807, 2.05) is 6.20 Å². The van der Waals surface area contributed by atoms with Crippen molar-refractivity contribution in [1.29, 1.82) is 0 Å². The van der Waals surface area contributed by atoms with Gasteiger partial charge in [-0.3, -0.25) is 4.98 Å². The van der Waals surface area contributed by atoms with Gasteiger partial charge in [-0.2, -0.15) is 0 Å². The predicted molar refractivity (Wildman–Crippen MR) is 66.1 cm³/mol. The molecule has 0 amide bonds. The minimum absolute atomic E-state index is 0.582. The Kier molecular flexibility index (Phi) is 4.31. The zero-order valence-electron chi connectivity index (χ0n) is 9.78. The van der Waals surface area contributed by atoms with Crippen molar-refractivity contribution in [2.24, 2.45) is 5.73 Å². The van der Waals surface area contributed by atoms with Gasteiger partial charge in [-0.1, -0.05) is 6.07 Å². The number of pyridine rings is 1. The van der Waals surface area contributed by atoms with Crippen molar-refractivity contribution in [1.82, 2.24) is 10.3 Å². The maximum absolute atomic E-state index is 5.53. The van der Waals surface area contributed by atoms with E-state index in [4.69, 9.17) is 5.73 Å². The topological polar surface area (TPSA) is 50.9 Å². The van der Waals surface area contributed by atoms with Gasteiger partial charge in [-0.25, -0.2) is 0 Å². The smallest absolute Gasteiger partial charge is 0.0403 e. The molecule has 3 N–H and O–H groups in total. The normalized spacial score (nSPS) is 15.3. The van der Waals surface area contributed by atoms with Crippen LogP contribution in [0.25, 0.3) is 0 Å². The molecule has 1 aromatic heterocycles. The maximum Gasteiger partial charge on any atom is 0.0403 e. The van der Waals surface area contributed by atoms with Gasteiger partial charge in [0, 0.05) is 24.5 Å². The minimum atomic E-state index is 0.582. The Bertz CT molecular complexity index is 303. The average molecular weight is 219 g/mol. The lowest BCUT2D eigenvalue weighted by atomic mass is 10.1. The fraction of sp³-hybridized carbons (Fsp3) is 0.615. The molecule has 1 heterocycles. The van der Waals surface area contributed by atoms with Crippen LogP contribution in [0.1, 0.15) is 36.9 Å². The first kappa shape index (κ1) is 11.6. The van der Waals surface area contributed by atoms with Crippen molar-refractivity contribution in [3.05, 3.63) is 29.6 Å². The van der Waals surface area contributed by atoms with Gasteiger partial charge in [0.15, 0.2) is 0 Å². The van der Waals surface area contributed by atoms with E-state index in [9.17, 15) is 0 Å². The van der Waals surface area contributed by atoms with Gasteiger partial charge >= 0.3 is 0 Å². The van der Waals surface area contributed by atoms with E-state index < -0.39 is 0 Å². The summed E-state index contributed by atoms with van der Waals surface area (Å²) >= 11 is 0. The predicted octanol–water partition coefficient (Wildman–Crippen LogP) is 1.61. The molecule has 16 heavy (non-hydrogen) atoms. The Morgan fingerprint density at radius 3 is 2.81 bits per heavy atom. The molecule has 0 aliphatic heterocycles. The first-order valence-corrected chi connectivity index (χ1v) is 6.26. The van der Waals surface area contributed by atoms with Gasteiger partial charge < -0.3 is 11.1 Å². The largest absolute Gasteiger partial charge is 0.326 e. The van der Waals surface area contributed by atoms with Crippen LogP contribution in [0.2, 0.25) is 0 Å². The third-order valence-electron chi connectivity index (χ3n) is 2.99. The minimum Gasteiger partial charge on any atom is -0.326 e. The first-order valence-electron chi connectivity index (χ1n) is 6.26. The highest BCUT2D eigenvalue weighted by molar-refractivity contribution is 5.13. The summed E-state index contributed by atoms with van der Waals surface area (Å²) in [4.78, 5) is 4.39. The third kappa shape index (κ3) is 3.91. The van der Waals surface area contributed by atoms with Crippen LogP contribution < -0.4 is 11.1 Å². The molecule has 3 heteroatoms. The fourth-order valence-electron chi connectivity index (χ4n) is 1.75. The Morgan fingerprint density at radius 1 is 1.31 bits per heavy atom. The first-order chi connectivity index (χ1) is 7.88. The van der Waals surface area contributed by atoms with Gasteiger partial charge in [-0.05, 0) is 50.3 Å². The highest BCUT2D eigenvalue weighted by Crippen LogP contribution is 2.18. The standard InChI is InChI=1S/C13H21N3/c14-9-11-4-5-12(16-10-11)3-1-2-8-15-13-6-7-13/h4-5,10,13,15H,1-3,6-9,14H2. The van der Waals surface area contributed by atoms with Crippen LogP contribution in [0.5, 0.6) is 0 Å². The summed E-state index contributed by atoms with van der Waals surface area (Å²) in [6, 6.07) is 5.00. The number of aryl methyl sites for hydroxylation is 1. The quantitative estimate of drug-likeness (QED) is 0.685. The van der Waals surface area contributed by atoms with E-state index in [2.05, 4.69) is 22.4 Å². The summed E-state index contributed by atoms with van der Waals surface area (Å²) in [6.45, 7) is 1.74. The Labute approximate surface area is 97.5 Å². The number of unbranched alkanes of at least 4 members (excludes halogenated alkanes) is 1. The van der Waals surface area contributed by atoms with E-state index in [1.165, 1.54) is 31.4 Å². The summed E-state index contributed by atoms with van der Waals surface area (Å²) in [5.41, 5.74) is 7.82. The van der Waals surface area contributed by atoms with E-state index in [1.54, 1.807) is 0 Å². The SMILES string of the molecule is NCc1ccc(CCCCNC2CC2)nc1. The Balaban J connectivity index is 1.60. The molecule has 1 aromatic rings. The van der Waals surface area contributed by atoms with Crippen LogP contribution in [0, 0.1) is 0 Å². The van der Waals surface area contributed by atoms with Crippen molar-refractivity contribution < 1.29 is 0 Å². The molecule has 0 atom stereocenters. The number of hydrogen-bond donors (Lipinski definition) is 2. The van der Waals surface area contributed by atoms with Crippen LogP contribution in [0.15, 0.2) is 18.3 Å². The second-order valence-electron chi connectivity index (χ2n) is 4.55. The zero-order chi connectivity index (χ0) is 11.2. The second-order valence-corrected chi connectivity index (χ2v) is 4.55. The van der Waals surface area contributed by atoms with Crippen LogP contribution in [0.3, 0.4) is 0 Å². The molecule has 2 rings (SSSR count). The van der Waals surface area contributed by atoms with Crippen molar-refractivity contribution in [2.45, 2.75) is 44.7 Å². The molecule has 88 valence electrons. The Morgan fingerprint density at radius 2 is 2.19 bits per heavy atom. The molecule has 0 unspecified atom stereocenters. The molecule has 0 saturated heterocycles. The van der Waals surface area contributed by atoms with Crippen LogP contribution in [0.4, 0.5) is 0 Å². The van der Waals surface area contributed by atoms with Gasteiger partial charge in [0.2, 0.25) is 0 Å². The van der Waals surface area contributed by atoms with Crippen molar-refractivity contribution >= 4 is 0 Å². The van der Waals surface area contributed by atoms with Gasteiger partial charge in [0.25, 0.3) is 0 Å². The molecule has 1 aliphatic carbocycles. The number of nitrogens with zero attached hydrogens (tertiary/aromatic N) is 1. The maximum atomic E-state index is 5.53. The molecule has 0 spiro atoms. The van der Waals surface area contributed by atoms with Gasteiger partial charge in [0.05, 0.1) is 0 Å². The monoisotopic (exact) mass is 219 g/mol. The number of aromatic nitrogens is 1. The lowest BCUT2D eigenvalue weighted by molar-refractivity contribution is 0.616. The van der Waals surface area contributed by atoms with E-state index >= 15 is 0 Å². The van der Waals surface area contributed by atoms with Crippen molar-refractivity contribution in [2.75, 3.05) is 6.54 Å². The molecule has 1 aliphatic rings. The summed E-state index contributed by atoms with van der Waals surface area (Å²) in [7, 11) is 0. The number of rotatable bonds is 7. The van der Waals surface area contributed by atoms with Crippen LogP contribution in [-0.2, 0) is 13.0 Å². The molecule has 1 fully saturated rings. The lowest BCUT2D eigenvalue weighted by Gasteiger charge is -2.03. The van der Waals surface area contributed by atoms with E-state index in [-0.39, 0.29) is 0 Å². The van der Waals surface area contributed by atoms with Gasteiger partial charge in [0.1, 0.15) is 0 Å². The van der Waals surface area contributed by atoms with Crippen LogP contribution >= 0.6 is 0 Å². The third-order valence-corrected chi connectivity index (χ3v) is 2.99. The van der Waals surface area contributed by atoms with Gasteiger partial charge in [-0.15, -0.1) is 0 Å². The summed E-state index contributed by atoms with van der Waals surface area (Å²) in [5.74, 6) is 0. The van der Waals surface area contributed by atoms with Crippen molar-refractivity contribution in [3.8, 4) is 0 Å². The molecule has 0 bridgehead atoms. The second kappa shape index (κ2) is 5.97. The zero-order valence-corrected chi connectivity index (χ0v) is 9.78. The van der Waals surface area contributed by atoms with Crippen molar-refractivity contribution in [3.63, 3.8) is 0 Å². The summed E-state index contributed by atoms with van der Waals surface area (Å²) in [5, 5.41) is 3.52. The molecule has 1 saturated carbocycles. The number of nitrogens with two attached hydrogens (primary N) is 1. The number of nitrogens with one attached hydrogen (secondary N) is 1. The molecule has 0 aromatic carbocycles. The molecular formula is C13H21N3. The highest BCUT2D eigenvalue weighted by Gasteiger charge is 2.19. The van der Waals surface area contributed by atoms with Crippen LogP contribution in [-0.4, -0.2) is 17.6 Å². The molecule has 3 nitrogen and oxygen atoms in total. The van der Waals surface area contributed by atoms with E-state index in [0.717, 1.165) is 24.6 Å². The lowest BCUT2D eigenvalue weighted by Crippen LogP contribution is -2.17. The molecule has 0 radical (unpaired) electrons. The fourth-order valence-corrected chi connectivity index (χ4v) is 1.75. The average Bonchev–Trinajstić information content (AvgIpc) is 3.13.